The van der Waals surface area contributed by atoms with Gasteiger partial charge in [-0.1, -0.05) is 36.4 Å². The largest absolute Gasteiger partial charge is 0.311 e. The highest BCUT2D eigenvalue weighted by Crippen LogP contribution is 2.26. The molecule has 0 bridgehead atoms. The van der Waals surface area contributed by atoms with Crippen molar-refractivity contribution < 1.29 is 4.39 Å². The predicted octanol–water partition coefficient (Wildman–Crippen LogP) is 5.70. The van der Waals surface area contributed by atoms with E-state index in [2.05, 4.69) is 21.4 Å². The van der Waals surface area contributed by atoms with Gasteiger partial charge in [-0.25, -0.2) is 9.38 Å². The van der Waals surface area contributed by atoms with Crippen molar-refractivity contribution in [1.29, 1.82) is 0 Å². The molecule has 0 saturated heterocycles. The van der Waals surface area contributed by atoms with Gasteiger partial charge in [-0.05, 0) is 41.3 Å². The van der Waals surface area contributed by atoms with Gasteiger partial charge < -0.3 is 4.57 Å². The first-order valence-corrected chi connectivity index (χ1v) is 9.62. The second-order valence-corrected chi connectivity index (χ2v) is 7.33. The smallest absolute Gasteiger partial charge is 0.190 e. The van der Waals surface area contributed by atoms with Crippen LogP contribution in [0.1, 0.15) is 5.56 Å². The fourth-order valence-corrected chi connectivity index (χ4v) is 4.32. The van der Waals surface area contributed by atoms with Crippen LogP contribution < -0.4 is 4.80 Å². The second kappa shape index (κ2) is 7.17. The third-order valence-corrected chi connectivity index (χ3v) is 5.56. The van der Waals surface area contributed by atoms with Crippen molar-refractivity contribution >= 4 is 28.4 Å². The van der Waals surface area contributed by atoms with E-state index in [4.69, 9.17) is 4.99 Å². The zero-order chi connectivity index (χ0) is 17.1. The van der Waals surface area contributed by atoms with Crippen molar-refractivity contribution in [2.75, 3.05) is 0 Å². The molecule has 2 nitrogen and oxygen atoms in total. The highest BCUT2D eigenvalue weighted by Gasteiger charge is 2.10. The molecule has 0 spiro atoms. The minimum absolute atomic E-state index is 0.216. The van der Waals surface area contributed by atoms with Gasteiger partial charge in [0.1, 0.15) is 5.82 Å². The molecular formula is C20H15FN2S2. The molecule has 5 heteroatoms. The van der Waals surface area contributed by atoms with Gasteiger partial charge >= 0.3 is 0 Å². The lowest BCUT2D eigenvalue weighted by molar-refractivity contribution is 0.626. The van der Waals surface area contributed by atoms with Crippen molar-refractivity contribution in [1.82, 2.24) is 4.57 Å². The quantitative estimate of drug-likeness (QED) is 0.441. The van der Waals surface area contributed by atoms with Crippen molar-refractivity contribution in [3.05, 3.63) is 93.7 Å². The third kappa shape index (κ3) is 3.62. The van der Waals surface area contributed by atoms with Gasteiger partial charge in [0.15, 0.2) is 4.80 Å². The Balaban J connectivity index is 1.82. The van der Waals surface area contributed by atoms with E-state index in [9.17, 15) is 4.39 Å². The van der Waals surface area contributed by atoms with E-state index in [-0.39, 0.29) is 5.82 Å². The first-order chi connectivity index (χ1) is 12.3. The lowest BCUT2D eigenvalue weighted by Crippen LogP contribution is -2.16. The number of aromatic nitrogens is 1. The fourth-order valence-electron chi connectivity index (χ4n) is 2.58. The lowest BCUT2D eigenvalue weighted by atomic mass is 10.2. The van der Waals surface area contributed by atoms with E-state index < -0.39 is 0 Å². The molecule has 0 aliphatic carbocycles. The number of benzene rings is 2. The van der Waals surface area contributed by atoms with Crippen molar-refractivity contribution in [3.8, 4) is 10.6 Å². The molecule has 0 aliphatic heterocycles. The molecule has 0 radical (unpaired) electrons. The Hall–Kier alpha value is -2.50. The Labute approximate surface area is 153 Å². The van der Waals surface area contributed by atoms with Crippen LogP contribution in [0.2, 0.25) is 0 Å². The Morgan fingerprint density at radius 2 is 1.68 bits per heavy atom. The fraction of sp³-hybridized carbons (Fsp3) is 0.0500. The molecule has 0 fully saturated rings. The zero-order valence-electron chi connectivity index (χ0n) is 13.3. The Morgan fingerprint density at radius 1 is 0.880 bits per heavy atom. The van der Waals surface area contributed by atoms with Crippen molar-refractivity contribution in [2.24, 2.45) is 4.99 Å². The maximum Gasteiger partial charge on any atom is 0.190 e. The summed E-state index contributed by atoms with van der Waals surface area (Å²) in [5.74, 6) is -0.216. The minimum atomic E-state index is -0.216. The second-order valence-electron chi connectivity index (χ2n) is 5.54. The Kier molecular flexibility index (Phi) is 4.59. The number of rotatable bonds is 4. The van der Waals surface area contributed by atoms with E-state index >= 15 is 0 Å². The molecule has 2 heterocycles. The molecule has 0 amide bonds. The van der Waals surface area contributed by atoms with Gasteiger partial charge in [0, 0.05) is 5.38 Å². The highest BCUT2D eigenvalue weighted by atomic mass is 32.1. The molecule has 0 atom stereocenters. The summed E-state index contributed by atoms with van der Waals surface area (Å²) in [7, 11) is 0. The monoisotopic (exact) mass is 366 g/mol. The summed E-state index contributed by atoms with van der Waals surface area (Å²) in [4.78, 5) is 6.93. The summed E-state index contributed by atoms with van der Waals surface area (Å²) in [6.45, 7) is 0.655. The van der Waals surface area contributed by atoms with Gasteiger partial charge in [0.05, 0.1) is 22.8 Å². The Bertz CT molecular complexity index is 1010. The molecular weight excluding hydrogens is 351 g/mol. The molecule has 0 aliphatic rings. The molecule has 0 unspecified atom stereocenters. The van der Waals surface area contributed by atoms with Gasteiger partial charge in [0.2, 0.25) is 0 Å². The maximum atomic E-state index is 13.2. The molecule has 2 aromatic carbocycles. The van der Waals surface area contributed by atoms with Gasteiger partial charge in [-0.2, -0.15) is 0 Å². The van der Waals surface area contributed by atoms with Gasteiger partial charge in [0.25, 0.3) is 0 Å². The van der Waals surface area contributed by atoms with Crippen LogP contribution in [0.4, 0.5) is 10.1 Å². The van der Waals surface area contributed by atoms with Gasteiger partial charge in [-0.15, -0.1) is 22.7 Å². The summed E-state index contributed by atoms with van der Waals surface area (Å²) < 4.78 is 15.4. The van der Waals surface area contributed by atoms with Crippen LogP contribution in [-0.2, 0) is 6.54 Å². The van der Waals surface area contributed by atoms with Crippen LogP contribution in [0, 0.1) is 5.82 Å². The normalized spacial score (nSPS) is 11.8. The summed E-state index contributed by atoms with van der Waals surface area (Å²) in [5.41, 5.74) is 3.11. The van der Waals surface area contributed by atoms with Crippen LogP contribution in [0.5, 0.6) is 0 Å². The van der Waals surface area contributed by atoms with Gasteiger partial charge in [-0.3, -0.25) is 0 Å². The van der Waals surface area contributed by atoms with E-state index in [0.717, 1.165) is 21.7 Å². The summed E-state index contributed by atoms with van der Waals surface area (Å²) in [5, 5.41) is 4.21. The van der Waals surface area contributed by atoms with E-state index in [1.165, 1.54) is 17.0 Å². The van der Waals surface area contributed by atoms with Crippen LogP contribution >= 0.6 is 22.7 Å². The number of thiazole rings is 1. The molecule has 4 rings (SSSR count). The topological polar surface area (TPSA) is 17.3 Å². The van der Waals surface area contributed by atoms with Crippen LogP contribution in [0.15, 0.2) is 82.5 Å². The van der Waals surface area contributed by atoms with Crippen LogP contribution in [-0.4, -0.2) is 4.57 Å². The number of thiophene rings is 1. The first kappa shape index (κ1) is 16.0. The summed E-state index contributed by atoms with van der Waals surface area (Å²) in [6.07, 6.45) is 0. The number of halogens is 1. The van der Waals surface area contributed by atoms with E-state index in [1.54, 1.807) is 22.7 Å². The third-order valence-electron chi connectivity index (χ3n) is 3.81. The number of nitrogens with zero attached hydrogens (tertiary/aromatic N) is 2. The van der Waals surface area contributed by atoms with Crippen molar-refractivity contribution in [2.45, 2.75) is 6.54 Å². The minimum Gasteiger partial charge on any atom is -0.311 e. The molecule has 124 valence electrons. The summed E-state index contributed by atoms with van der Waals surface area (Å²) >= 11 is 3.33. The average Bonchev–Trinajstić information content (AvgIpc) is 3.28. The molecule has 0 N–H and O–H groups in total. The maximum absolute atomic E-state index is 13.2. The zero-order valence-corrected chi connectivity index (χ0v) is 14.9. The van der Waals surface area contributed by atoms with E-state index in [1.807, 2.05) is 48.5 Å². The number of para-hydroxylation sites is 1. The van der Waals surface area contributed by atoms with Crippen molar-refractivity contribution in [3.63, 3.8) is 0 Å². The average molecular weight is 366 g/mol. The SMILES string of the molecule is Fc1ccc(Cn2c(-c3cccs3)csc2=Nc2ccccc2)cc1. The number of hydrogen-bond acceptors (Lipinski definition) is 3. The molecule has 2 aromatic heterocycles. The standard InChI is InChI=1S/C20H15FN2S2/c21-16-10-8-15(9-11-16)13-23-18(19-7-4-12-24-19)14-25-20(23)22-17-5-2-1-3-6-17/h1-12,14H,13H2. The highest BCUT2D eigenvalue weighted by molar-refractivity contribution is 7.14. The predicted molar refractivity (Wildman–Crippen MR) is 103 cm³/mol. The molecule has 0 saturated carbocycles. The van der Waals surface area contributed by atoms with Crippen LogP contribution in [0.3, 0.4) is 0 Å². The number of hydrogen-bond donors (Lipinski definition) is 0. The Morgan fingerprint density at radius 3 is 2.40 bits per heavy atom. The molecule has 25 heavy (non-hydrogen) atoms. The summed E-state index contributed by atoms with van der Waals surface area (Å²) in [6, 6.07) is 20.7. The van der Waals surface area contributed by atoms with Crippen LogP contribution in [0.25, 0.3) is 10.6 Å². The first-order valence-electron chi connectivity index (χ1n) is 7.86. The molecule has 4 aromatic rings. The van der Waals surface area contributed by atoms with E-state index in [0.29, 0.717) is 6.54 Å². The lowest BCUT2D eigenvalue weighted by Gasteiger charge is -2.08.